The van der Waals surface area contributed by atoms with E-state index in [4.69, 9.17) is 5.73 Å². The van der Waals surface area contributed by atoms with Gasteiger partial charge >= 0.3 is 0 Å². The van der Waals surface area contributed by atoms with E-state index in [1.807, 2.05) is 6.07 Å². The zero-order chi connectivity index (χ0) is 17.1. The highest BCUT2D eigenvalue weighted by Gasteiger charge is 2.11. The van der Waals surface area contributed by atoms with Crippen LogP contribution >= 0.6 is 0 Å². The maximum Gasteiger partial charge on any atom is 0.256 e. The Morgan fingerprint density at radius 2 is 1.96 bits per heavy atom. The monoisotopic (exact) mass is 325 g/mol. The van der Waals surface area contributed by atoms with Gasteiger partial charge in [-0.25, -0.2) is 0 Å². The molecular weight excluding hydrogens is 306 g/mol. The molecule has 8 heteroatoms. The minimum absolute atomic E-state index is 0.451. The van der Waals surface area contributed by atoms with Gasteiger partial charge in [0.2, 0.25) is 5.91 Å². The number of carbonyl (C=O) groups is 1. The molecule has 1 amide bonds. The zero-order valence-corrected chi connectivity index (χ0v) is 13.6. The third-order valence-corrected chi connectivity index (χ3v) is 3.77. The summed E-state index contributed by atoms with van der Waals surface area (Å²) in [6.45, 7) is 5.85. The van der Waals surface area contributed by atoms with E-state index in [0.717, 1.165) is 30.4 Å². The summed E-state index contributed by atoms with van der Waals surface area (Å²) < 4.78 is 1.63. The molecule has 0 atom stereocenters. The van der Waals surface area contributed by atoms with Crippen molar-refractivity contribution in [1.29, 1.82) is 0 Å². The first-order valence-electron chi connectivity index (χ1n) is 7.75. The zero-order valence-electron chi connectivity index (χ0n) is 13.6. The van der Waals surface area contributed by atoms with Crippen molar-refractivity contribution in [2.45, 2.75) is 13.8 Å². The number of primary amides is 1. The molecule has 0 spiro atoms. The van der Waals surface area contributed by atoms with Crippen LogP contribution in [0.25, 0.3) is 5.78 Å². The minimum Gasteiger partial charge on any atom is -0.366 e. The number of nitrogens with zero attached hydrogens (tertiary/aromatic N) is 5. The molecular formula is C16H19N7O. The second-order valence-electron chi connectivity index (χ2n) is 5.21. The highest BCUT2D eigenvalue weighted by atomic mass is 16.1. The first-order valence-corrected chi connectivity index (χ1v) is 7.75. The topological polar surface area (TPSA) is 101 Å². The lowest BCUT2D eigenvalue weighted by Crippen LogP contribution is -2.23. The third kappa shape index (κ3) is 2.98. The Morgan fingerprint density at radius 3 is 2.58 bits per heavy atom. The van der Waals surface area contributed by atoms with Gasteiger partial charge in [-0.1, -0.05) is 0 Å². The van der Waals surface area contributed by atoms with E-state index in [-0.39, 0.29) is 0 Å². The molecule has 0 radical (unpaired) electrons. The van der Waals surface area contributed by atoms with Gasteiger partial charge in [0.25, 0.3) is 5.78 Å². The predicted octanol–water partition coefficient (Wildman–Crippen LogP) is 1.81. The number of hydrogen-bond donors (Lipinski definition) is 2. The average Bonchev–Trinajstić information content (AvgIpc) is 3.05. The molecule has 124 valence electrons. The number of benzene rings is 1. The highest BCUT2D eigenvalue weighted by Crippen LogP contribution is 2.22. The van der Waals surface area contributed by atoms with Crippen LogP contribution in [0.2, 0.25) is 0 Å². The smallest absolute Gasteiger partial charge is 0.256 e. The number of carbonyl (C=O) groups excluding carboxylic acids is 1. The van der Waals surface area contributed by atoms with Gasteiger partial charge < -0.3 is 16.0 Å². The Bertz CT molecular complexity index is 852. The molecule has 1 aromatic carbocycles. The van der Waals surface area contributed by atoms with E-state index in [9.17, 15) is 4.79 Å². The molecule has 2 aromatic heterocycles. The van der Waals surface area contributed by atoms with Gasteiger partial charge in [-0.3, -0.25) is 4.79 Å². The fraction of sp³-hybridized carbons (Fsp3) is 0.250. The minimum atomic E-state index is -0.451. The van der Waals surface area contributed by atoms with Crippen LogP contribution < -0.4 is 16.0 Å². The molecule has 2 heterocycles. The molecule has 3 aromatic rings. The summed E-state index contributed by atoms with van der Waals surface area (Å²) in [6, 6.07) is 8.86. The van der Waals surface area contributed by atoms with Gasteiger partial charge in [-0.15, -0.1) is 0 Å². The highest BCUT2D eigenvalue weighted by molar-refractivity contribution is 5.93. The van der Waals surface area contributed by atoms with Crippen LogP contribution in [0.5, 0.6) is 0 Å². The number of hydrogen-bond acceptors (Lipinski definition) is 6. The number of rotatable bonds is 6. The number of amides is 1. The largest absolute Gasteiger partial charge is 0.366 e. The maximum atomic E-state index is 11.2. The Balaban J connectivity index is 1.98. The summed E-state index contributed by atoms with van der Waals surface area (Å²) in [5, 5.41) is 7.48. The van der Waals surface area contributed by atoms with Crippen LogP contribution in [0, 0.1) is 0 Å². The van der Waals surface area contributed by atoms with Crippen molar-refractivity contribution in [3.8, 4) is 0 Å². The van der Waals surface area contributed by atoms with Gasteiger partial charge in [-0.2, -0.15) is 19.6 Å². The van der Waals surface area contributed by atoms with Gasteiger partial charge in [0, 0.05) is 30.4 Å². The Hall–Kier alpha value is -3.16. The third-order valence-electron chi connectivity index (χ3n) is 3.77. The Morgan fingerprint density at radius 1 is 1.25 bits per heavy atom. The SMILES string of the molecule is CCN(CC)c1cc(Nc2ccc(C(N)=O)cc2)n2ncnc2n1. The van der Waals surface area contributed by atoms with Crippen molar-refractivity contribution in [3.63, 3.8) is 0 Å². The summed E-state index contributed by atoms with van der Waals surface area (Å²) >= 11 is 0. The summed E-state index contributed by atoms with van der Waals surface area (Å²) in [4.78, 5) is 22.0. The molecule has 0 aliphatic rings. The molecule has 0 unspecified atom stereocenters. The molecule has 8 nitrogen and oxygen atoms in total. The summed E-state index contributed by atoms with van der Waals surface area (Å²) in [5.41, 5.74) is 6.54. The number of aromatic nitrogens is 4. The summed E-state index contributed by atoms with van der Waals surface area (Å²) in [6.07, 6.45) is 1.47. The van der Waals surface area contributed by atoms with E-state index >= 15 is 0 Å². The van der Waals surface area contributed by atoms with Crippen LogP contribution in [-0.4, -0.2) is 38.6 Å². The lowest BCUT2D eigenvalue weighted by atomic mass is 10.2. The van der Waals surface area contributed by atoms with Crippen LogP contribution in [0.15, 0.2) is 36.7 Å². The quantitative estimate of drug-likeness (QED) is 0.717. The maximum absolute atomic E-state index is 11.2. The summed E-state index contributed by atoms with van der Waals surface area (Å²) in [7, 11) is 0. The van der Waals surface area contributed by atoms with Crippen molar-refractivity contribution in [1.82, 2.24) is 19.6 Å². The van der Waals surface area contributed by atoms with E-state index in [1.54, 1.807) is 28.8 Å². The van der Waals surface area contributed by atoms with Crippen LogP contribution in [0.3, 0.4) is 0 Å². The molecule has 0 saturated heterocycles. The number of anilines is 3. The van der Waals surface area contributed by atoms with Crippen molar-refractivity contribution < 1.29 is 4.79 Å². The molecule has 3 N–H and O–H groups in total. The molecule has 0 aliphatic heterocycles. The van der Waals surface area contributed by atoms with Crippen LogP contribution in [0.1, 0.15) is 24.2 Å². The van der Waals surface area contributed by atoms with Gasteiger partial charge in [-0.05, 0) is 38.1 Å². The van der Waals surface area contributed by atoms with Crippen molar-refractivity contribution in [2.75, 3.05) is 23.3 Å². The standard InChI is InChI=1S/C16H19N7O/c1-3-22(4-2)13-9-14(23-16(21-13)18-10-19-23)20-12-7-5-11(6-8-12)15(17)24/h5-10,20H,3-4H2,1-2H3,(H2,17,24). The Kier molecular flexibility index (Phi) is 4.28. The number of nitrogens with two attached hydrogens (primary N) is 1. The number of fused-ring (bicyclic) bond motifs is 1. The van der Waals surface area contributed by atoms with Gasteiger partial charge in [0.1, 0.15) is 18.0 Å². The lowest BCUT2D eigenvalue weighted by molar-refractivity contribution is 0.100. The van der Waals surface area contributed by atoms with Crippen molar-refractivity contribution >= 4 is 29.0 Å². The lowest BCUT2D eigenvalue weighted by Gasteiger charge is -2.20. The van der Waals surface area contributed by atoms with Crippen molar-refractivity contribution in [3.05, 3.63) is 42.2 Å². The van der Waals surface area contributed by atoms with E-state index in [1.165, 1.54) is 6.33 Å². The number of nitrogens with one attached hydrogen (secondary N) is 1. The fourth-order valence-corrected chi connectivity index (χ4v) is 2.46. The predicted molar refractivity (Wildman–Crippen MR) is 92.6 cm³/mol. The average molecular weight is 325 g/mol. The first kappa shape index (κ1) is 15.7. The summed E-state index contributed by atoms with van der Waals surface area (Å²) in [5.74, 6) is 1.64. The molecule has 0 fully saturated rings. The fourth-order valence-electron chi connectivity index (χ4n) is 2.46. The second-order valence-corrected chi connectivity index (χ2v) is 5.21. The van der Waals surface area contributed by atoms with Crippen LogP contribution in [0.4, 0.5) is 17.3 Å². The normalized spacial score (nSPS) is 10.8. The van der Waals surface area contributed by atoms with Crippen molar-refractivity contribution in [2.24, 2.45) is 5.73 Å². The first-order chi connectivity index (χ1) is 11.6. The van der Waals surface area contributed by atoms with E-state index < -0.39 is 5.91 Å². The molecule has 0 saturated carbocycles. The second kappa shape index (κ2) is 6.53. The molecule has 3 rings (SSSR count). The van der Waals surface area contributed by atoms with E-state index in [0.29, 0.717) is 11.3 Å². The molecule has 24 heavy (non-hydrogen) atoms. The molecule has 0 aliphatic carbocycles. The van der Waals surface area contributed by atoms with Gasteiger partial charge in [0.15, 0.2) is 0 Å². The Labute approximate surface area is 139 Å². The molecule has 0 bridgehead atoms. The van der Waals surface area contributed by atoms with Crippen LogP contribution in [-0.2, 0) is 0 Å². The van der Waals surface area contributed by atoms with Gasteiger partial charge in [0.05, 0.1) is 0 Å². The van der Waals surface area contributed by atoms with E-state index in [2.05, 4.69) is 39.1 Å².